The van der Waals surface area contributed by atoms with Crippen molar-refractivity contribution in [2.24, 2.45) is 0 Å². The molecule has 120 valence electrons. The van der Waals surface area contributed by atoms with E-state index in [1.165, 1.54) is 0 Å². The lowest BCUT2D eigenvalue weighted by molar-refractivity contribution is -0.148. The highest BCUT2D eigenvalue weighted by Gasteiger charge is 2.15. The molecule has 1 rings (SSSR count). The molecule has 0 aliphatic carbocycles. The molecule has 21 heavy (non-hydrogen) atoms. The van der Waals surface area contributed by atoms with Gasteiger partial charge in [-0.2, -0.15) is 0 Å². The predicted octanol–water partition coefficient (Wildman–Crippen LogP) is 2.04. The molecule has 0 aromatic rings. The number of carbonyl (C=O) groups is 2. The molecule has 0 aromatic heterocycles. The van der Waals surface area contributed by atoms with Crippen LogP contribution in [0.4, 0.5) is 0 Å². The Balaban J connectivity index is 2.78. The lowest BCUT2D eigenvalue weighted by atomic mass is 10.1. The molecule has 0 radical (unpaired) electrons. The predicted molar refractivity (Wildman–Crippen MR) is 81.0 cm³/mol. The summed E-state index contributed by atoms with van der Waals surface area (Å²) in [4.78, 5) is 24.3. The third-order valence-corrected chi connectivity index (χ3v) is 3.41. The number of carbonyl (C=O) groups excluding carboxylic acids is 2. The topological polar surface area (TPSA) is 82.5 Å². The van der Waals surface area contributed by atoms with Crippen LogP contribution in [0.1, 0.15) is 62.4 Å². The van der Waals surface area contributed by atoms with Gasteiger partial charge in [0.15, 0.2) is 5.96 Å². The summed E-state index contributed by atoms with van der Waals surface area (Å²) in [5, 5.41) is 10.1. The van der Waals surface area contributed by atoms with E-state index < -0.39 is 31.4 Å². The second-order valence-corrected chi connectivity index (χ2v) is 5.44. The summed E-state index contributed by atoms with van der Waals surface area (Å²) in [6.45, 7) is -1.54. The molecule has 1 amide bonds. The molecule has 0 spiro atoms. The minimum atomic E-state index is -2.71. The molecule has 0 saturated carbocycles. The first-order valence-electron chi connectivity index (χ1n) is 9.05. The van der Waals surface area contributed by atoms with Gasteiger partial charge in [0.05, 0.1) is 6.10 Å². The Morgan fingerprint density at radius 2 is 1.90 bits per heavy atom. The average molecular weight is 300 g/mol. The van der Waals surface area contributed by atoms with E-state index in [0.29, 0.717) is 11.3 Å². The Morgan fingerprint density at radius 3 is 2.62 bits per heavy atom. The number of amides is 1. The third kappa shape index (κ3) is 7.68. The quantitative estimate of drug-likeness (QED) is 0.671. The van der Waals surface area contributed by atoms with Gasteiger partial charge in [0.2, 0.25) is 5.91 Å². The molecule has 1 heterocycles. The minimum Gasteiger partial charge on any atom is -0.461 e. The maximum absolute atomic E-state index is 11.9. The van der Waals surface area contributed by atoms with Crippen LogP contribution < -0.4 is 5.32 Å². The van der Waals surface area contributed by atoms with E-state index in [0.717, 1.165) is 38.5 Å². The van der Waals surface area contributed by atoms with Crippen molar-refractivity contribution in [3.8, 4) is 0 Å². The number of guanidine groups is 1. The summed E-state index contributed by atoms with van der Waals surface area (Å²) >= 11 is 0. The van der Waals surface area contributed by atoms with Gasteiger partial charge < -0.3 is 9.64 Å². The van der Waals surface area contributed by atoms with Crippen LogP contribution >= 0.6 is 0 Å². The number of esters is 1. The maximum atomic E-state index is 11.9. The number of likely N-dealkylation sites (N-methyl/N-ethyl adjacent to an activating group) is 1. The highest BCUT2D eigenvalue weighted by molar-refractivity contribution is 5.96. The molecule has 1 atom stereocenters. The zero-order valence-electron chi connectivity index (χ0n) is 15.6. The number of hydrogen-bond acceptors (Lipinski definition) is 4. The van der Waals surface area contributed by atoms with E-state index in [1.807, 2.05) is 0 Å². The van der Waals surface area contributed by atoms with Gasteiger partial charge in [-0.05, 0) is 26.2 Å². The Hall–Kier alpha value is -1.59. The molecular weight excluding hydrogens is 270 g/mol. The lowest BCUT2D eigenvalue weighted by Gasteiger charge is -2.21. The van der Waals surface area contributed by atoms with Gasteiger partial charge in [-0.3, -0.25) is 20.3 Å². The Morgan fingerprint density at radius 1 is 1.24 bits per heavy atom. The number of nitrogens with zero attached hydrogens (tertiary/aromatic N) is 1. The third-order valence-electron chi connectivity index (χ3n) is 3.41. The fraction of sp³-hybridized carbons (Fsp3) is 0.800. The standard InChI is InChI=1S/C15H27N3O3/c1-12-9-7-5-3-4-6-8-10-13(19)17-15(16)18(2)11-14(20)21-12/h12H,3-11H2,1-2H3,(H2,16,17,19)/i2D3. The van der Waals surface area contributed by atoms with Crippen LogP contribution in [-0.2, 0) is 14.3 Å². The van der Waals surface area contributed by atoms with Crippen molar-refractivity contribution >= 4 is 17.8 Å². The van der Waals surface area contributed by atoms with Crippen molar-refractivity contribution < 1.29 is 18.4 Å². The van der Waals surface area contributed by atoms with E-state index in [1.54, 1.807) is 6.92 Å². The molecule has 6 heteroatoms. The summed E-state index contributed by atoms with van der Waals surface area (Å²) in [6, 6.07) is 0. The molecule has 1 unspecified atom stereocenters. The van der Waals surface area contributed by atoms with Crippen molar-refractivity contribution in [3.63, 3.8) is 0 Å². The Kier molecular flexibility index (Phi) is 5.84. The molecule has 1 fully saturated rings. The van der Waals surface area contributed by atoms with Crippen LogP contribution in [0.5, 0.6) is 0 Å². The van der Waals surface area contributed by atoms with E-state index >= 15 is 0 Å². The molecule has 0 aromatic carbocycles. The number of rotatable bonds is 0. The Labute approximate surface area is 130 Å². The van der Waals surface area contributed by atoms with Gasteiger partial charge in [0, 0.05) is 17.5 Å². The van der Waals surface area contributed by atoms with Crippen molar-refractivity contribution in [3.05, 3.63) is 0 Å². The van der Waals surface area contributed by atoms with E-state index in [4.69, 9.17) is 14.3 Å². The summed E-state index contributed by atoms with van der Waals surface area (Å²) in [5.74, 6) is -1.73. The van der Waals surface area contributed by atoms with Crippen LogP contribution in [0.25, 0.3) is 0 Å². The minimum absolute atomic E-state index is 0.235. The Bertz CT molecular complexity index is 455. The summed E-state index contributed by atoms with van der Waals surface area (Å²) in [5.41, 5.74) is 0. The number of ether oxygens (including phenoxy) is 1. The van der Waals surface area contributed by atoms with E-state index in [-0.39, 0.29) is 12.5 Å². The van der Waals surface area contributed by atoms with Gasteiger partial charge in [0.1, 0.15) is 6.54 Å². The molecular formula is C15H27N3O3. The van der Waals surface area contributed by atoms with Crippen molar-refractivity contribution in [2.45, 2.75) is 64.4 Å². The second-order valence-electron chi connectivity index (χ2n) is 5.44. The number of hydrogen-bond donors (Lipinski definition) is 2. The zero-order chi connectivity index (χ0) is 18.2. The van der Waals surface area contributed by atoms with Crippen LogP contribution in [0.2, 0.25) is 0 Å². The summed E-state index contributed by atoms with van der Waals surface area (Å²) in [6.07, 6.45) is 6.37. The van der Waals surface area contributed by atoms with Crippen molar-refractivity contribution in [1.82, 2.24) is 10.2 Å². The van der Waals surface area contributed by atoms with Gasteiger partial charge in [-0.15, -0.1) is 0 Å². The monoisotopic (exact) mass is 300 g/mol. The van der Waals surface area contributed by atoms with Gasteiger partial charge in [-0.25, -0.2) is 0 Å². The largest absolute Gasteiger partial charge is 0.461 e. The first kappa shape index (κ1) is 13.1. The zero-order valence-corrected chi connectivity index (χ0v) is 12.6. The maximum Gasteiger partial charge on any atom is 0.325 e. The van der Waals surface area contributed by atoms with Gasteiger partial charge in [-0.1, -0.05) is 25.7 Å². The average Bonchev–Trinajstić information content (AvgIpc) is 2.45. The smallest absolute Gasteiger partial charge is 0.325 e. The SMILES string of the molecule is [2H]C([2H])([2H])N1CC(=O)OC(C)CCCCCCCCC(=O)NC1=N. The van der Waals surface area contributed by atoms with E-state index in [2.05, 4.69) is 5.32 Å². The van der Waals surface area contributed by atoms with E-state index in [9.17, 15) is 9.59 Å². The van der Waals surface area contributed by atoms with Crippen LogP contribution in [0, 0.1) is 5.41 Å². The highest BCUT2D eigenvalue weighted by atomic mass is 16.5. The van der Waals surface area contributed by atoms with Crippen LogP contribution in [0.3, 0.4) is 0 Å². The van der Waals surface area contributed by atoms with Crippen molar-refractivity contribution in [1.29, 1.82) is 5.41 Å². The van der Waals surface area contributed by atoms with Crippen LogP contribution in [-0.4, -0.2) is 42.4 Å². The fourth-order valence-electron chi connectivity index (χ4n) is 2.22. The second kappa shape index (κ2) is 9.37. The molecule has 1 aliphatic heterocycles. The first-order valence-corrected chi connectivity index (χ1v) is 7.55. The molecule has 6 nitrogen and oxygen atoms in total. The van der Waals surface area contributed by atoms with Crippen LogP contribution in [0.15, 0.2) is 0 Å². The molecule has 2 N–H and O–H groups in total. The summed E-state index contributed by atoms with van der Waals surface area (Å²) in [7, 11) is 0. The number of nitrogens with one attached hydrogen (secondary N) is 2. The van der Waals surface area contributed by atoms with Gasteiger partial charge in [0.25, 0.3) is 0 Å². The highest BCUT2D eigenvalue weighted by Crippen LogP contribution is 2.11. The van der Waals surface area contributed by atoms with Crippen molar-refractivity contribution in [2.75, 3.05) is 13.5 Å². The summed E-state index contributed by atoms with van der Waals surface area (Å²) < 4.78 is 27.6. The lowest BCUT2D eigenvalue weighted by Crippen LogP contribution is -2.44. The molecule has 0 bridgehead atoms. The fourth-order valence-corrected chi connectivity index (χ4v) is 2.22. The normalized spacial score (nSPS) is 27.1. The van der Waals surface area contributed by atoms with Gasteiger partial charge >= 0.3 is 5.97 Å². The first-order chi connectivity index (χ1) is 11.2. The number of cyclic esters (lactones) is 1. The molecule has 1 aliphatic rings. The molecule has 1 saturated heterocycles.